The molecule has 6 nitrogen and oxygen atoms in total. The van der Waals surface area contributed by atoms with Gasteiger partial charge in [-0.15, -0.1) is 0 Å². The Labute approximate surface area is 194 Å². The topological polar surface area (TPSA) is 60.9 Å². The molecule has 0 bridgehead atoms. The number of ether oxygens (including phenoxy) is 3. The number of nitrogens with zero attached hydrogens (tertiary/aromatic N) is 2. The second-order valence-corrected chi connectivity index (χ2v) is 8.81. The minimum atomic E-state index is -4.25. The molecule has 0 saturated carbocycles. The SMILES string of the molecule is CC(COc1ccc(C(=O)N2CC[C@]3(c4ccccn4)OCO[C@@H]3C2)cc1Cl)CC(F)(F)F. The molecule has 0 spiro atoms. The lowest BCUT2D eigenvalue weighted by Crippen LogP contribution is -2.53. The summed E-state index contributed by atoms with van der Waals surface area (Å²) in [6.07, 6.45) is -3.30. The molecule has 33 heavy (non-hydrogen) atoms. The smallest absolute Gasteiger partial charge is 0.389 e. The molecule has 1 unspecified atom stereocenters. The number of likely N-dealkylation sites (tertiary alicyclic amines) is 1. The lowest BCUT2D eigenvalue weighted by atomic mass is 9.85. The summed E-state index contributed by atoms with van der Waals surface area (Å²) in [7, 11) is 0. The number of piperidine rings is 1. The zero-order valence-electron chi connectivity index (χ0n) is 18.0. The van der Waals surface area contributed by atoms with Gasteiger partial charge >= 0.3 is 6.18 Å². The Hall–Kier alpha value is -2.36. The Morgan fingerprint density at radius 1 is 1.36 bits per heavy atom. The van der Waals surface area contributed by atoms with Gasteiger partial charge in [-0.05, 0) is 36.2 Å². The van der Waals surface area contributed by atoms with Crippen LogP contribution in [0.3, 0.4) is 0 Å². The fraction of sp³-hybridized carbons (Fsp3) is 0.478. The third-order valence-electron chi connectivity index (χ3n) is 5.91. The molecule has 2 aromatic rings. The highest BCUT2D eigenvalue weighted by molar-refractivity contribution is 6.32. The Morgan fingerprint density at radius 3 is 2.88 bits per heavy atom. The van der Waals surface area contributed by atoms with Crippen LogP contribution in [0.15, 0.2) is 42.6 Å². The summed E-state index contributed by atoms with van der Waals surface area (Å²) >= 11 is 6.25. The van der Waals surface area contributed by atoms with Crippen molar-refractivity contribution in [2.24, 2.45) is 5.92 Å². The summed E-state index contributed by atoms with van der Waals surface area (Å²) in [5, 5.41) is 0.167. The zero-order valence-corrected chi connectivity index (χ0v) is 18.7. The van der Waals surface area contributed by atoms with Gasteiger partial charge in [0.25, 0.3) is 5.91 Å². The molecular formula is C23H24ClF3N2O4. The third-order valence-corrected chi connectivity index (χ3v) is 6.21. The monoisotopic (exact) mass is 484 g/mol. The molecule has 2 aliphatic heterocycles. The highest BCUT2D eigenvalue weighted by Gasteiger charge is 2.52. The van der Waals surface area contributed by atoms with E-state index in [0.717, 1.165) is 5.69 Å². The predicted octanol–water partition coefficient (Wildman–Crippen LogP) is 4.82. The first-order valence-electron chi connectivity index (χ1n) is 10.6. The van der Waals surface area contributed by atoms with Gasteiger partial charge in [-0.3, -0.25) is 9.78 Å². The number of pyridine rings is 1. The highest BCUT2D eigenvalue weighted by atomic mass is 35.5. The van der Waals surface area contributed by atoms with Gasteiger partial charge in [0, 0.05) is 31.1 Å². The molecule has 3 heterocycles. The predicted molar refractivity (Wildman–Crippen MR) is 114 cm³/mol. The standard InChI is InChI=1S/C23H24ClF3N2O4/c1-15(11-23(25,26)27)13-31-18-6-5-16(10-17(18)24)21(30)29-9-7-22(19-4-2-3-8-28-19)20(12-29)32-14-33-22/h2-6,8,10,15,20H,7,9,11-14H2,1H3/t15?,20-,22-/m1/s1. The molecule has 2 fully saturated rings. The van der Waals surface area contributed by atoms with Crippen molar-refractivity contribution in [3.05, 3.63) is 58.9 Å². The number of halogens is 4. The maximum absolute atomic E-state index is 13.1. The van der Waals surface area contributed by atoms with E-state index in [1.54, 1.807) is 17.2 Å². The first-order chi connectivity index (χ1) is 15.7. The van der Waals surface area contributed by atoms with Crippen LogP contribution in [0.1, 0.15) is 35.8 Å². The molecule has 1 aromatic carbocycles. The van der Waals surface area contributed by atoms with Gasteiger partial charge in [0.2, 0.25) is 0 Å². The maximum Gasteiger partial charge on any atom is 0.389 e. The average molecular weight is 485 g/mol. The van der Waals surface area contributed by atoms with Gasteiger partial charge in [0.1, 0.15) is 24.2 Å². The van der Waals surface area contributed by atoms with Gasteiger partial charge in [0.15, 0.2) is 0 Å². The number of benzene rings is 1. The van der Waals surface area contributed by atoms with Gasteiger partial charge in [-0.25, -0.2) is 0 Å². The third kappa shape index (κ3) is 5.26. The van der Waals surface area contributed by atoms with E-state index in [-0.39, 0.29) is 36.2 Å². The molecule has 0 aliphatic carbocycles. The van der Waals surface area contributed by atoms with Crippen LogP contribution < -0.4 is 4.74 Å². The van der Waals surface area contributed by atoms with Crippen LogP contribution in [0, 0.1) is 5.92 Å². The minimum Gasteiger partial charge on any atom is -0.492 e. The number of carbonyl (C=O) groups excluding carboxylic acids is 1. The van der Waals surface area contributed by atoms with Crippen molar-refractivity contribution in [1.82, 2.24) is 9.88 Å². The lowest BCUT2D eigenvalue weighted by molar-refractivity contribution is -0.145. The van der Waals surface area contributed by atoms with Crippen LogP contribution in [0.4, 0.5) is 13.2 Å². The summed E-state index contributed by atoms with van der Waals surface area (Å²) < 4.78 is 54.6. The molecule has 2 aliphatic rings. The van der Waals surface area contributed by atoms with Crippen LogP contribution in [0.2, 0.25) is 5.02 Å². The molecule has 0 N–H and O–H groups in total. The first kappa shape index (κ1) is 23.8. The maximum atomic E-state index is 13.1. The lowest BCUT2D eigenvalue weighted by Gasteiger charge is -2.41. The van der Waals surface area contributed by atoms with E-state index in [1.165, 1.54) is 19.1 Å². The molecular weight excluding hydrogens is 461 g/mol. The van der Waals surface area contributed by atoms with E-state index in [2.05, 4.69) is 4.98 Å². The molecule has 4 rings (SSSR count). The molecule has 178 valence electrons. The molecule has 3 atom stereocenters. The summed E-state index contributed by atoms with van der Waals surface area (Å²) in [6, 6.07) is 10.2. The largest absolute Gasteiger partial charge is 0.492 e. The van der Waals surface area contributed by atoms with Crippen molar-refractivity contribution in [1.29, 1.82) is 0 Å². The Kier molecular flexibility index (Phi) is 6.83. The Bertz CT molecular complexity index is 991. The van der Waals surface area contributed by atoms with Crippen LogP contribution in [0.5, 0.6) is 5.75 Å². The van der Waals surface area contributed by atoms with Gasteiger partial charge in [-0.2, -0.15) is 13.2 Å². The van der Waals surface area contributed by atoms with Crippen LogP contribution in [-0.4, -0.2) is 54.6 Å². The van der Waals surface area contributed by atoms with Gasteiger partial charge in [0.05, 0.1) is 23.9 Å². The van der Waals surface area contributed by atoms with Gasteiger partial charge in [-0.1, -0.05) is 24.6 Å². The van der Waals surface area contributed by atoms with Crippen molar-refractivity contribution in [3.8, 4) is 5.75 Å². The number of rotatable bonds is 6. The summed E-state index contributed by atoms with van der Waals surface area (Å²) in [5.74, 6) is -0.703. The molecule has 2 saturated heterocycles. The number of fused-ring (bicyclic) bond motifs is 1. The second kappa shape index (κ2) is 9.48. The summed E-state index contributed by atoms with van der Waals surface area (Å²) in [6.45, 7) is 2.23. The van der Waals surface area contributed by atoms with Crippen molar-refractivity contribution >= 4 is 17.5 Å². The molecule has 1 amide bonds. The summed E-state index contributed by atoms with van der Waals surface area (Å²) in [4.78, 5) is 19.2. The van der Waals surface area contributed by atoms with E-state index in [4.69, 9.17) is 25.8 Å². The van der Waals surface area contributed by atoms with Crippen molar-refractivity contribution in [2.75, 3.05) is 26.5 Å². The minimum absolute atomic E-state index is 0.132. The van der Waals surface area contributed by atoms with Crippen molar-refractivity contribution in [2.45, 2.75) is 37.6 Å². The number of carbonyl (C=O) groups is 1. The zero-order chi connectivity index (χ0) is 23.6. The van der Waals surface area contributed by atoms with Crippen LogP contribution in [0.25, 0.3) is 0 Å². The van der Waals surface area contributed by atoms with E-state index in [0.29, 0.717) is 25.1 Å². The van der Waals surface area contributed by atoms with Gasteiger partial charge < -0.3 is 19.1 Å². The second-order valence-electron chi connectivity index (χ2n) is 8.40. The Balaban J connectivity index is 1.40. The first-order valence-corrected chi connectivity index (χ1v) is 11.0. The van der Waals surface area contributed by atoms with Crippen molar-refractivity contribution in [3.63, 3.8) is 0 Å². The van der Waals surface area contributed by atoms with Crippen LogP contribution in [-0.2, 0) is 15.1 Å². The number of aromatic nitrogens is 1. The quantitative estimate of drug-likeness (QED) is 0.588. The molecule has 0 radical (unpaired) electrons. The van der Waals surface area contributed by atoms with E-state index in [9.17, 15) is 18.0 Å². The number of hydrogen-bond donors (Lipinski definition) is 0. The normalized spacial score (nSPS) is 23.8. The van der Waals surface area contributed by atoms with E-state index < -0.39 is 24.1 Å². The number of alkyl halides is 3. The van der Waals surface area contributed by atoms with Crippen LogP contribution >= 0.6 is 11.6 Å². The average Bonchev–Trinajstić information content (AvgIpc) is 3.21. The highest BCUT2D eigenvalue weighted by Crippen LogP contribution is 2.42. The molecule has 1 aromatic heterocycles. The van der Waals surface area contributed by atoms with E-state index in [1.807, 2.05) is 18.2 Å². The number of hydrogen-bond acceptors (Lipinski definition) is 5. The van der Waals surface area contributed by atoms with E-state index >= 15 is 0 Å². The number of amides is 1. The Morgan fingerprint density at radius 2 is 2.18 bits per heavy atom. The molecule has 10 heteroatoms. The fourth-order valence-electron chi connectivity index (χ4n) is 4.26. The fourth-order valence-corrected chi connectivity index (χ4v) is 4.49. The van der Waals surface area contributed by atoms with Crippen molar-refractivity contribution < 1.29 is 32.2 Å². The summed E-state index contributed by atoms with van der Waals surface area (Å²) in [5.41, 5.74) is 0.462.